The molecule has 0 saturated heterocycles. The van der Waals surface area contributed by atoms with Crippen molar-refractivity contribution in [3.05, 3.63) is 51.9 Å². The van der Waals surface area contributed by atoms with E-state index in [9.17, 15) is 4.79 Å². The van der Waals surface area contributed by atoms with Crippen LogP contribution in [-0.4, -0.2) is 17.0 Å². The molecule has 1 aromatic heterocycles. The van der Waals surface area contributed by atoms with Crippen LogP contribution >= 0.6 is 22.6 Å². The van der Waals surface area contributed by atoms with Gasteiger partial charge in [0.15, 0.2) is 0 Å². The van der Waals surface area contributed by atoms with Crippen LogP contribution in [0.4, 0.5) is 0 Å². The minimum atomic E-state index is 0.00996. The Labute approximate surface area is 126 Å². The fraction of sp³-hybridized carbons (Fsp3) is 0.267. The molecule has 0 atom stereocenters. The van der Waals surface area contributed by atoms with E-state index in [1.165, 1.54) is 12.8 Å². The minimum Gasteiger partial charge on any atom is -0.350 e. The summed E-state index contributed by atoms with van der Waals surface area (Å²) in [5.74, 6) is 0.709. The number of aromatic nitrogens is 1. The van der Waals surface area contributed by atoms with E-state index in [1.54, 1.807) is 0 Å². The molecule has 1 aromatic carbocycles. The van der Waals surface area contributed by atoms with Crippen LogP contribution in [0.25, 0.3) is 5.69 Å². The highest BCUT2D eigenvalue weighted by Crippen LogP contribution is 2.27. The fourth-order valence-corrected chi connectivity index (χ4v) is 2.59. The molecule has 19 heavy (non-hydrogen) atoms. The summed E-state index contributed by atoms with van der Waals surface area (Å²) in [5, 5.41) is 3.01. The molecule has 2 aromatic rings. The van der Waals surface area contributed by atoms with Crippen LogP contribution in [0, 0.1) is 9.49 Å². The lowest BCUT2D eigenvalue weighted by Gasteiger charge is -2.10. The minimum absolute atomic E-state index is 0.00996. The van der Waals surface area contributed by atoms with Gasteiger partial charge in [0.1, 0.15) is 5.69 Å². The average molecular weight is 366 g/mol. The molecule has 1 N–H and O–H groups in total. The van der Waals surface area contributed by atoms with E-state index in [4.69, 9.17) is 0 Å². The van der Waals surface area contributed by atoms with Crippen LogP contribution in [0.3, 0.4) is 0 Å². The lowest BCUT2D eigenvalue weighted by atomic mass is 10.3. The van der Waals surface area contributed by atoms with E-state index in [-0.39, 0.29) is 5.91 Å². The van der Waals surface area contributed by atoms with Crippen molar-refractivity contribution in [1.29, 1.82) is 0 Å². The van der Waals surface area contributed by atoms with Crippen LogP contribution in [0.2, 0.25) is 0 Å². The number of rotatable bonds is 4. The molecule has 0 unspecified atom stereocenters. The number of carbonyl (C=O) groups is 1. The lowest BCUT2D eigenvalue weighted by molar-refractivity contribution is 0.0945. The molecular weight excluding hydrogens is 351 g/mol. The van der Waals surface area contributed by atoms with Crippen molar-refractivity contribution < 1.29 is 4.79 Å². The van der Waals surface area contributed by atoms with Gasteiger partial charge in [-0.3, -0.25) is 4.79 Å². The Morgan fingerprint density at radius 2 is 2.16 bits per heavy atom. The van der Waals surface area contributed by atoms with Crippen molar-refractivity contribution >= 4 is 28.5 Å². The standard InChI is InChI=1S/C15H15IN2O/c16-12-3-1-4-13(9-12)18-8-2-5-14(18)15(19)17-10-11-6-7-11/h1-5,8-9,11H,6-7,10H2,(H,17,19). The Bertz CT molecular complexity index is 602. The first kappa shape index (κ1) is 12.7. The van der Waals surface area contributed by atoms with E-state index in [1.807, 2.05) is 41.1 Å². The van der Waals surface area contributed by atoms with Crippen molar-refractivity contribution in [3.8, 4) is 5.69 Å². The monoisotopic (exact) mass is 366 g/mol. The van der Waals surface area contributed by atoms with E-state index < -0.39 is 0 Å². The molecule has 1 aliphatic rings. The second-order valence-corrected chi connectivity index (χ2v) is 6.14. The largest absolute Gasteiger partial charge is 0.350 e. The van der Waals surface area contributed by atoms with E-state index >= 15 is 0 Å². The summed E-state index contributed by atoms with van der Waals surface area (Å²) in [6, 6.07) is 11.9. The van der Waals surface area contributed by atoms with Gasteiger partial charge in [0.05, 0.1) is 0 Å². The molecule has 1 fully saturated rings. The molecule has 98 valence electrons. The third-order valence-electron chi connectivity index (χ3n) is 3.32. The number of nitrogens with zero attached hydrogens (tertiary/aromatic N) is 1. The number of halogens is 1. The Kier molecular flexibility index (Phi) is 3.59. The van der Waals surface area contributed by atoms with Gasteiger partial charge in [0, 0.05) is 22.0 Å². The molecule has 1 saturated carbocycles. The zero-order chi connectivity index (χ0) is 13.2. The number of nitrogens with one attached hydrogen (secondary N) is 1. The molecule has 3 nitrogen and oxygen atoms in total. The molecule has 1 aliphatic carbocycles. The first-order chi connectivity index (χ1) is 9.24. The van der Waals surface area contributed by atoms with Gasteiger partial charge in [-0.25, -0.2) is 0 Å². The van der Waals surface area contributed by atoms with E-state index in [2.05, 4.69) is 34.0 Å². The predicted molar refractivity (Wildman–Crippen MR) is 83.5 cm³/mol. The normalized spacial score (nSPS) is 14.4. The Balaban J connectivity index is 1.82. The zero-order valence-corrected chi connectivity index (χ0v) is 12.6. The smallest absolute Gasteiger partial charge is 0.268 e. The number of benzene rings is 1. The SMILES string of the molecule is O=C(NCC1CC1)c1cccn1-c1cccc(I)c1. The maximum absolute atomic E-state index is 12.2. The number of amides is 1. The summed E-state index contributed by atoms with van der Waals surface area (Å²) >= 11 is 2.28. The molecule has 3 rings (SSSR count). The van der Waals surface area contributed by atoms with Crippen molar-refractivity contribution in [2.24, 2.45) is 5.92 Å². The molecular formula is C15H15IN2O. The van der Waals surface area contributed by atoms with Crippen molar-refractivity contribution in [1.82, 2.24) is 9.88 Å². The van der Waals surface area contributed by atoms with Crippen molar-refractivity contribution in [3.63, 3.8) is 0 Å². The van der Waals surface area contributed by atoms with Gasteiger partial charge in [-0.05, 0) is 71.7 Å². The Morgan fingerprint density at radius 3 is 2.89 bits per heavy atom. The zero-order valence-electron chi connectivity index (χ0n) is 10.5. The van der Waals surface area contributed by atoms with Crippen LogP contribution in [-0.2, 0) is 0 Å². The Morgan fingerprint density at radius 1 is 1.32 bits per heavy atom. The fourth-order valence-electron chi connectivity index (χ4n) is 2.07. The molecule has 0 radical (unpaired) electrons. The average Bonchev–Trinajstić information content (AvgIpc) is 3.10. The maximum atomic E-state index is 12.2. The van der Waals surface area contributed by atoms with Crippen molar-refractivity contribution in [2.45, 2.75) is 12.8 Å². The van der Waals surface area contributed by atoms with Gasteiger partial charge < -0.3 is 9.88 Å². The first-order valence-corrected chi connectivity index (χ1v) is 7.53. The van der Waals surface area contributed by atoms with Gasteiger partial charge in [-0.2, -0.15) is 0 Å². The highest BCUT2D eigenvalue weighted by Gasteiger charge is 2.22. The highest BCUT2D eigenvalue weighted by molar-refractivity contribution is 14.1. The van der Waals surface area contributed by atoms with E-state index in [0.717, 1.165) is 15.8 Å². The topological polar surface area (TPSA) is 34.0 Å². The van der Waals surface area contributed by atoms with Gasteiger partial charge >= 0.3 is 0 Å². The summed E-state index contributed by atoms with van der Waals surface area (Å²) in [6.45, 7) is 0.802. The third-order valence-corrected chi connectivity index (χ3v) is 3.99. The highest BCUT2D eigenvalue weighted by atomic mass is 127. The molecule has 0 spiro atoms. The molecule has 1 amide bonds. The van der Waals surface area contributed by atoms with Crippen LogP contribution in [0.15, 0.2) is 42.6 Å². The number of hydrogen-bond donors (Lipinski definition) is 1. The van der Waals surface area contributed by atoms with Gasteiger partial charge in [-0.15, -0.1) is 0 Å². The molecule has 1 heterocycles. The summed E-state index contributed by atoms with van der Waals surface area (Å²) in [4.78, 5) is 12.2. The van der Waals surface area contributed by atoms with Gasteiger partial charge in [-0.1, -0.05) is 6.07 Å². The molecule has 0 aliphatic heterocycles. The third kappa shape index (κ3) is 3.00. The summed E-state index contributed by atoms with van der Waals surface area (Å²) in [5.41, 5.74) is 1.72. The Hall–Kier alpha value is -1.30. The second-order valence-electron chi connectivity index (χ2n) is 4.90. The molecule has 0 bridgehead atoms. The second kappa shape index (κ2) is 5.36. The predicted octanol–water partition coefficient (Wildman–Crippen LogP) is 3.22. The van der Waals surface area contributed by atoms with Crippen LogP contribution < -0.4 is 5.32 Å². The van der Waals surface area contributed by atoms with Crippen LogP contribution in [0.5, 0.6) is 0 Å². The summed E-state index contributed by atoms with van der Waals surface area (Å²) < 4.78 is 3.10. The van der Waals surface area contributed by atoms with E-state index in [0.29, 0.717) is 11.6 Å². The number of hydrogen-bond acceptors (Lipinski definition) is 1. The molecule has 4 heteroatoms. The van der Waals surface area contributed by atoms with Crippen LogP contribution in [0.1, 0.15) is 23.3 Å². The number of carbonyl (C=O) groups excluding carboxylic acids is 1. The van der Waals surface area contributed by atoms with Gasteiger partial charge in [0.2, 0.25) is 0 Å². The first-order valence-electron chi connectivity index (χ1n) is 6.45. The van der Waals surface area contributed by atoms with Gasteiger partial charge in [0.25, 0.3) is 5.91 Å². The van der Waals surface area contributed by atoms with Crippen molar-refractivity contribution in [2.75, 3.05) is 6.54 Å². The summed E-state index contributed by atoms with van der Waals surface area (Å²) in [6.07, 6.45) is 4.42. The maximum Gasteiger partial charge on any atom is 0.268 e. The quantitative estimate of drug-likeness (QED) is 0.829. The summed E-state index contributed by atoms with van der Waals surface area (Å²) in [7, 11) is 0. The lowest BCUT2D eigenvalue weighted by Crippen LogP contribution is -2.27.